The second-order valence-electron chi connectivity index (χ2n) is 10.1. The largest absolute Gasteiger partial charge is 0.444 e. The minimum atomic E-state index is -0.566. The van der Waals surface area contributed by atoms with E-state index in [4.69, 9.17) is 4.74 Å². The van der Waals surface area contributed by atoms with Gasteiger partial charge >= 0.3 is 6.09 Å². The van der Waals surface area contributed by atoms with Gasteiger partial charge in [0.2, 0.25) is 5.95 Å². The molecule has 2 aliphatic heterocycles. The van der Waals surface area contributed by atoms with Crippen LogP contribution in [-0.2, 0) is 4.74 Å². The van der Waals surface area contributed by atoms with E-state index in [1.807, 2.05) is 45.6 Å². The number of ether oxygens (including phenoxy) is 1. The Bertz CT molecular complexity index is 1100. The van der Waals surface area contributed by atoms with Crippen molar-refractivity contribution in [2.24, 2.45) is 0 Å². The summed E-state index contributed by atoms with van der Waals surface area (Å²) in [6.07, 6.45) is 2.52. The molecule has 0 unspecified atom stereocenters. The molecule has 10 heteroatoms. The summed E-state index contributed by atoms with van der Waals surface area (Å²) in [7, 11) is 0. The van der Waals surface area contributed by atoms with E-state index < -0.39 is 11.4 Å². The highest BCUT2D eigenvalue weighted by Crippen LogP contribution is 2.34. The molecule has 0 aliphatic carbocycles. The van der Waals surface area contributed by atoms with Crippen LogP contribution >= 0.6 is 0 Å². The highest BCUT2D eigenvalue weighted by atomic mass is 19.1. The van der Waals surface area contributed by atoms with E-state index in [1.165, 1.54) is 0 Å². The maximum absolute atomic E-state index is 14.8. The summed E-state index contributed by atoms with van der Waals surface area (Å²) in [6.45, 7) is 10.8. The molecule has 2 fully saturated rings. The van der Waals surface area contributed by atoms with E-state index in [0.29, 0.717) is 30.9 Å². The molecule has 2 saturated heterocycles. The van der Waals surface area contributed by atoms with Gasteiger partial charge in [0.25, 0.3) is 5.91 Å². The van der Waals surface area contributed by atoms with Crippen LogP contribution < -0.4 is 15.5 Å². The lowest BCUT2D eigenvalue weighted by atomic mass is 10.1. The van der Waals surface area contributed by atoms with E-state index >= 15 is 0 Å². The number of rotatable bonds is 5. The van der Waals surface area contributed by atoms with Crippen molar-refractivity contribution in [2.75, 3.05) is 29.9 Å². The molecule has 9 nitrogen and oxygen atoms in total. The average Bonchev–Trinajstić information content (AvgIpc) is 3.04. The average molecular weight is 485 g/mol. The number of hydrogen-bond acceptors (Lipinski definition) is 7. The smallest absolute Gasteiger partial charge is 0.410 e. The minimum Gasteiger partial charge on any atom is -0.444 e. The monoisotopic (exact) mass is 484 g/mol. The number of piperazine rings is 1. The van der Waals surface area contributed by atoms with Gasteiger partial charge in [0.1, 0.15) is 5.60 Å². The van der Waals surface area contributed by atoms with Crippen LogP contribution in [0.2, 0.25) is 0 Å². The molecule has 4 rings (SSSR count). The van der Waals surface area contributed by atoms with Gasteiger partial charge in [-0.15, -0.1) is 0 Å². The van der Waals surface area contributed by atoms with E-state index in [0.717, 1.165) is 24.6 Å². The van der Waals surface area contributed by atoms with Gasteiger partial charge in [0, 0.05) is 30.9 Å². The molecule has 2 amide bonds. The fourth-order valence-electron chi connectivity index (χ4n) is 4.71. The SMILES string of the molecule is CCNC(=O)c1ccc(Nc2ncc(F)c(N3C[C@@H]4CC[C@@H](C3)N4C(=O)OC(C)(C)C)n2)cc1C. The third kappa shape index (κ3) is 5.47. The number of carbonyl (C=O) groups excluding carboxylic acids is 2. The highest BCUT2D eigenvalue weighted by molar-refractivity contribution is 5.96. The Morgan fingerprint density at radius 1 is 1.20 bits per heavy atom. The normalized spacial score (nSPS) is 19.5. The first-order valence-electron chi connectivity index (χ1n) is 12.0. The zero-order valence-corrected chi connectivity index (χ0v) is 20.9. The Morgan fingerprint density at radius 3 is 2.49 bits per heavy atom. The van der Waals surface area contributed by atoms with Gasteiger partial charge < -0.3 is 20.3 Å². The van der Waals surface area contributed by atoms with Crippen molar-refractivity contribution < 1.29 is 18.7 Å². The molecule has 35 heavy (non-hydrogen) atoms. The second kappa shape index (κ2) is 9.67. The van der Waals surface area contributed by atoms with Crippen LogP contribution in [0.5, 0.6) is 0 Å². The van der Waals surface area contributed by atoms with Crippen molar-refractivity contribution in [1.29, 1.82) is 0 Å². The summed E-state index contributed by atoms with van der Waals surface area (Å²) in [5.41, 5.74) is 1.53. The van der Waals surface area contributed by atoms with Gasteiger partial charge in [-0.25, -0.2) is 14.2 Å². The summed E-state index contributed by atoms with van der Waals surface area (Å²) < 4.78 is 20.4. The van der Waals surface area contributed by atoms with Gasteiger partial charge in [0.05, 0.1) is 18.3 Å². The molecule has 0 spiro atoms. The standard InChI is InChI=1S/C25H33FN6O3/c1-6-27-22(33)19-10-7-16(11-15(19)2)29-23-28-12-20(26)21(30-23)31-13-17-8-9-18(14-31)32(17)24(34)35-25(3,4)5/h7,10-12,17-18H,6,8-9,13-14H2,1-5H3,(H,27,33)(H,28,29,30)/t17-,18-/m0/s1. The molecule has 3 heterocycles. The molecule has 1 aromatic carbocycles. The van der Waals surface area contributed by atoms with Gasteiger partial charge in [-0.1, -0.05) is 0 Å². The molecule has 2 atom stereocenters. The van der Waals surface area contributed by atoms with Gasteiger partial charge in [0.15, 0.2) is 11.6 Å². The van der Waals surface area contributed by atoms with E-state index in [9.17, 15) is 14.0 Å². The van der Waals surface area contributed by atoms with Crippen molar-refractivity contribution in [3.63, 3.8) is 0 Å². The Balaban J connectivity index is 1.49. The van der Waals surface area contributed by atoms with Crippen LogP contribution in [0, 0.1) is 12.7 Å². The topological polar surface area (TPSA) is 99.7 Å². The van der Waals surface area contributed by atoms with Crippen LogP contribution in [0.3, 0.4) is 0 Å². The molecule has 2 aromatic rings. The number of benzene rings is 1. The maximum Gasteiger partial charge on any atom is 0.410 e. The summed E-state index contributed by atoms with van der Waals surface area (Å²) in [5.74, 6) is -0.173. The first-order chi connectivity index (χ1) is 16.6. The zero-order chi connectivity index (χ0) is 25.3. The lowest BCUT2D eigenvalue weighted by Gasteiger charge is -2.41. The molecule has 2 aliphatic rings. The van der Waals surface area contributed by atoms with Crippen molar-refractivity contribution in [3.8, 4) is 0 Å². The summed E-state index contributed by atoms with van der Waals surface area (Å²) in [6, 6.07) is 5.22. The van der Waals surface area contributed by atoms with Gasteiger partial charge in [-0.2, -0.15) is 4.98 Å². The van der Waals surface area contributed by atoms with Crippen LogP contribution in [0.25, 0.3) is 0 Å². The lowest BCUT2D eigenvalue weighted by Crippen LogP contribution is -2.57. The molecule has 1 aromatic heterocycles. The van der Waals surface area contributed by atoms with Crippen molar-refractivity contribution in [2.45, 2.75) is 65.1 Å². The summed E-state index contributed by atoms with van der Waals surface area (Å²) >= 11 is 0. The fraction of sp³-hybridized carbons (Fsp3) is 0.520. The number of hydrogen-bond donors (Lipinski definition) is 2. The van der Waals surface area contributed by atoms with Crippen LogP contribution in [-0.4, -0.2) is 64.2 Å². The van der Waals surface area contributed by atoms with Crippen molar-refractivity contribution in [1.82, 2.24) is 20.2 Å². The molecular formula is C25H33FN6O3. The molecule has 0 saturated carbocycles. The lowest BCUT2D eigenvalue weighted by molar-refractivity contribution is 0.0122. The number of aromatic nitrogens is 2. The minimum absolute atomic E-state index is 0.0566. The third-order valence-corrected chi connectivity index (χ3v) is 6.18. The Morgan fingerprint density at radius 2 is 1.89 bits per heavy atom. The number of anilines is 3. The number of aryl methyl sites for hydroxylation is 1. The van der Waals surface area contributed by atoms with E-state index in [1.54, 1.807) is 17.0 Å². The first-order valence-corrected chi connectivity index (χ1v) is 12.0. The molecule has 2 bridgehead atoms. The molecular weight excluding hydrogens is 451 g/mol. The first kappa shape index (κ1) is 24.7. The number of halogens is 1. The van der Waals surface area contributed by atoms with E-state index in [-0.39, 0.29) is 35.9 Å². The molecule has 2 N–H and O–H groups in total. The fourth-order valence-corrected chi connectivity index (χ4v) is 4.71. The number of carbonyl (C=O) groups is 2. The van der Waals surface area contributed by atoms with Gasteiger partial charge in [-0.05, 0) is 71.2 Å². The number of fused-ring (bicyclic) bond motifs is 2. The van der Waals surface area contributed by atoms with Crippen molar-refractivity contribution in [3.05, 3.63) is 41.3 Å². The third-order valence-electron chi connectivity index (χ3n) is 6.18. The predicted molar refractivity (Wildman–Crippen MR) is 132 cm³/mol. The zero-order valence-electron chi connectivity index (χ0n) is 20.9. The molecule has 0 radical (unpaired) electrons. The number of nitrogens with zero attached hydrogens (tertiary/aromatic N) is 4. The number of amides is 2. The molecule has 188 valence electrons. The quantitative estimate of drug-likeness (QED) is 0.662. The maximum atomic E-state index is 14.8. The summed E-state index contributed by atoms with van der Waals surface area (Å²) in [5, 5.41) is 5.90. The predicted octanol–water partition coefficient (Wildman–Crippen LogP) is 4.01. The highest BCUT2D eigenvalue weighted by Gasteiger charge is 2.45. The Kier molecular flexibility index (Phi) is 6.82. The van der Waals surface area contributed by atoms with Crippen molar-refractivity contribution >= 4 is 29.5 Å². The van der Waals surface area contributed by atoms with E-state index in [2.05, 4.69) is 20.6 Å². The Labute approximate surface area is 205 Å². The van der Waals surface area contributed by atoms with Crippen LogP contribution in [0.1, 0.15) is 56.5 Å². The second-order valence-corrected chi connectivity index (χ2v) is 10.1. The van der Waals surface area contributed by atoms with Gasteiger partial charge in [-0.3, -0.25) is 9.69 Å². The van der Waals surface area contributed by atoms with Crippen LogP contribution in [0.4, 0.5) is 26.6 Å². The van der Waals surface area contributed by atoms with Crippen LogP contribution in [0.15, 0.2) is 24.4 Å². The Hall–Kier alpha value is -3.43. The number of nitrogens with one attached hydrogen (secondary N) is 2. The summed E-state index contributed by atoms with van der Waals surface area (Å²) in [4.78, 5) is 37.1.